The number of aryl methyl sites for hydroxylation is 1. The number of aromatic amines is 1. The summed E-state index contributed by atoms with van der Waals surface area (Å²) in [6.07, 6.45) is 13.4. The molecule has 0 saturated heterocycles. The first kappa shape index (κ1) is 30.4. The monoisotopic (exact) mass is 578 g/mol. The van der Waals surface area contributed by atoms with Crippen LogP contribution in [-0.4, -0.2) is 72.6 Å². The van der Waals surface area contributed by atoms with Crippen molar-refractivity contribution in [3.05, 3.63) is 58.7 Å². The number of nitrogens with one attached hydrogen (secondary N) is 3. The minimum absolute atomic E-state index is 0.00194. The number of allylic oxidation sites excluding steroid dienone is 1. The molecule has 13 nitrogen and oxygen atoms in total. The van der Waals surface area contributed by atoms with Gasteiger partial charge in [0.05, 0.1) is 12.2 Å². The molecule has 3 heterocycles. The van der Waals surface area contributed by atoms with Crippen LogP contribution in [0.5, 0.6) is 0 Å². The number of fused-ring (bicyclic) bond motifs is 1. The van der Waals surface area contributed by atoms with E-state index in [0.717, 1.165) is 30.0 Å². The van der Waals surface area contributed by atoms with E-state index in [1.54, 1.807) is 32.4 Å². The molecule has 0 aliphatic heterocycles. The maximum Gasteiger partial charge on any atom is 0.405 e. The number of rotatable bonds is 12. The molecule has 0 spiro atoms. The Hall–Kier alpha value is -4.55. The standard InChI is InChI=1S/C29H38N8O5/c1-36(2)24(38)13-7-6-11-21(33-29(41)42)27(39)32-22-12-8-16-37(28(22)40)17-23-34-25-20(30-18-31-26(25)35-23)15-14-19-9-4-3-5-10-19/h7-8,12-13,16,18-19,21,33H,3-6,9-11,14-15,17H2,1-2H3,(H,32,39)(H,41,42)(H,30,31,34,35)/b13-7+/t21-/m0/s1. The van der Waals surface area contributed by atoms with E-state index in [0.29, 0.717) is 11.5 Å². The van der Waals surface area contributed by atoms with E-state index >= 15 is 0 Å². The fourth-order valence-electron chi connectivity index (χ4n) is 5.16. The maximum absolute atomic E-state index is 13.2. The Balaban J connectivity index is 1.43. The van der Waals surface area contributed by atoms with Crippen LogP contribution in [-0.2, 0) is 22.6 Å². The number of nitrogens with zero attached hydrogens (tertiary/aromatic N) is 5. The van der Waals surface area contributed by atoms with Gasteiger partial charge in [-0.1, -0.05) is 38.2 Å². The first-order valence-corrected chi connectivity index (χ1v) is 14.3. The highest BCUT2D eigenvalue weighted by molar-refractivity contribution is 5.96. The fourth-order valence-corrected chi connectivity index (χ4v) is 5.16. The largest absolute Gasteiger partial charge is 0.465 e. The summed E-state index contributed by atoms with van der Waals surface area (Å²) >= 11 is 0. The second-order valence-electron chi connectivity index (χ2n) is 10.8. The first-order valence-electron chi connectivity index (χ1n) is 14.3. The number of likely N-dealkylation sites (N-methyl/N-ethyl adjacent to an activating group) is 1. The number of amides is 3. The average molecular weight is 579 g/mol. The zero-order valence-electron chi connectivity index (χ0n) is 24.0. The number of anilines is 1. The van der Waals surface area contributed by atoms with Crippen molar-refractivity contribution < 1.29 is 19.5 Å². The summed E-state index contributed by atoms with van der Waals surface area (Å²) in [6.45, 7) is 0.114. The van der Waals surface area contributed by atoms with Crippen LogP contribution in [0.4, 0.5) is 10.5 Å². The molecule has 1 atom stereocenters. The van der Waals surface area contributed by atoms with Crippen LogP contribution >= 0.6 is 0 Å². The molecule has 1 aliphatic rings. The molecule has 42 heavy (non-hydrogen) atoms. The van der Waals surface area contributed by atoms with Gasteiger partial charge in [0.2, 0.25) is 11.8 Å². The van der Waals surface area contributed by atoms with Crippen molar-refractivity contribution in [3.8, 4) is 0 Å². The molecule has 1 aliphatic carbocycles. The predicted molar refractivity (Wildman–Crippen MR) is 157 cm³/mol. The molecule has 1 saturated carbocycles. The van der Waals surface area contributed by atoms with Gasteiger partial charge in [-0.2, -0.15) is 0 Å². The van der Waals surface area contributed by atoms with Crippen LogP contribution in [0.1, 0.15) is 62.9 Å². The van der Waals surface area contributed by atoms with Gasteiger partial charge in [0.15, 0.2) is 5.65 Å². The number of imidazole rings is 1. The van der Waals surface area contributed by atoms with Crippen molar-refractivity contribution in [2.24, 2.45) is 5.92 Å². The molecule has 0 bridgehead atoms. The Morgan fingerprint density at radius 1 is 1.21 bits per heavy atom. The molecule has 3 aromatic heterocycles. The summed E-state index contributed by atoms with van der Waals surface area (Å²) in [4.78, 5) is 67.1. The lowest BCUT2D eigenvalue weighted by Crippen LogP contribution is -2.44. The highest BCUT2D eigenvalue weighted by atomic mass is 16.4. The molecule has 224 valence electrons. The summed E-state index contributed by atoms with van der Waals surface area (Å²) in [6, 6.07) is 1.94. The second-order valence-corrected chi connectivity index (χ2v) is 10.8. The molecule has 0 aromatic carbocycles. The fraction of sp³-hybridized carbons (Fsp3) is 0.483. The van der Waals surface area contributed by atoms with Crippen molar-refractivity contribution in [1.82, 2.24) is 34.7 Å². The molecule has 0 unspecified atom stereocenters. The van der Waals surface area contributed by atoms with Crippen molar-refractivity contribution in [1.29, 1.82) is 0 Å². The lowest BCUT2D eigenvalue weighted by Gasteiger charge is -2.21. The molecular weight excluding hydrogens is 540 g/mol. The van der Waals surface area contributed by atoms with Gasteiger partial charge in [0.25, 0.3) is 5.56 Å². The van der Waals surface area contributed by atoms with Gasteiger partial charge in [0, 0.05) is 20.3 Å². The van der Waals surface area contributed by atoms with Gasteiger partial charge in [0.1, 0.15) is 29.4 Å². The van der Waals surface area contributed by atoms with Crippen LogP contribution in [0, 0.1) is 5.92 Å². The van der Waals surface area contributed by atoms with Crippen molar-refractivity contribution >= 4 is 34.8 Å². The van der Waals surface area contributed by atoms with E-state index < -0.39 is 23.6 Å². The van der Waals surface area contributed by atoms with Crippen LogP contribution in [0.2, 0.25) is 0 Å². The predicted octanol–water partition coefficient (Wildman–Crippen LogP) is 3.08. The van der Waals surface area contributed by atoms with Gasteiger partial charge in [-0.25, -0.2) is 19.7 Å². The van der Waals surface area contributed by atoms with Crippen LogP contribution < -0.4 is 16.2 Å². The summed E-state index contributed by atoms with van der Waals surface area (Å²) in [5.74, 6) is 0.344. The average Bonchev–Trinajstić information content (AvgIpc) is 3.39. The van der Waals surface area contributed by atoms with Crippen molar-refractivity contribution in [2.75, 3.05) is 19.4 Å². The molecule has 3 amide bonds. The summed E-state index contributed by atoms with van der Waals surface area (Å²) < 4.78 is 1.40. The summed E-state index contributed by atoms with van der Waals surface area (Å²) in [5.41, 5.74) is 1.75. The Bertz CT molecular complexity index is 1490. The molecule has 4 N–H and O–H groups in total. The number of hydrogen-bond acceptors (Lipinski definition) is 7. The second kappa shape index (κ2) is 14.4. The van der Waals surface area contributed by atoms with Gasteiger partial charge in [-0.15, -0.1) is 0 Å². The van der Waals surface area contributed by atoms with Crippen LogP contribution in [0.3, 0.4) is 0 Å². The molecular formula is C29H38N8O5. The van der Waals surface area contributed by atoms with Gasteiger partial charge < -0.3 is 30.2 Å². The normalized spacial score (nSPS) is 14.6. The van der Waals surface area contributed by atoms with Crippen LogP contribution in [0.15, 0.2) is 41.6 Å². The molecule has 3 aromatic rings. The number of carbonyl (C=O) groups excluding carboxylic acids is 2. The Morgan fingerprint density at radius 3 is 2.74 bits per heavy atom. The smallest absolute Gasteiger partial charge is 0.405 e. The Labute approximate surface area is 243 Å². The minimum atomic E-state index is -1.37. The molecule has 4 rings (SSSR count). The van der Waals surface area contributed by atoms with E-state index in [1.165, 1.54) is 60.0 Å². The van der Waals surface area contributed by atoms with E-state index in [1.807, 2.05) is 0 Å². The molecule has 13 heteroatoms. The van der Waals surface area contributed by atoms with Gasteiger partial charge >= 0.3 is 6.09 Å². The lowest BCUT2D eigenvalue weighted by atomic mass is 9.86. The quantitative estimate of drug-likeness (QED) is 0.237. The third kappa shape index (κ3) is 8.24. The SMILES string of the molecule is CN(C)C(=O)/C=C/CC[C@H](NC(=O)O)C(=O)Nc1cccn(Cc2nc3ncnc(CCC4CCCCC4)c3[nH]2)c1=O. The zero-order valence-corrected chi connectivity index (χ0v) is 24.0. The van der Waals surface area contributed by atoms with Crippen molar-refractivity contribution in [3.63, 3.8) is 0 Å². The third-order valence-corrected chi connectivity index (χ3v) is 7.47. The van der Waals surface area contributed by atoms with Crippen LogP contribution in [0.25, 0.3) is 11.2 Å². The third-order valence-electron chi connectivity index (χ3n) is 7.47. The summed E-state index contributed by atoms with van der Waals surface area (Å²) in [7, 11) is 3.22. The summed E-state index contributed by atoms with van der Waals surface area (Å²) in [5, 5.41) is 13.9. The van der Waals surface area contributed by atoms with E-state index in [4.69, 9.17) is 0 Å². The molecule has 0 radical (unpaired) electrons. The van der Waals surface area contributed by atoms with Gasteiger partial charge in [-0.3, -0.25) is 14.4 Å². The van der Waals surface area contributed by atoms with E-state index in [9.17, 15) is 24.3 Å². The minimum Gasteiger partial charge on any atom is -0.465 e. The van der Waals surface area contributed by atoms with Crippen molar-refractivity contribution in [2.45, 2.75) is 70.4 Å². The number of carboxylic acid groups (broad SMARTS) is 1. The zero-order chi connectivity index (χ0) is 30.1. The highest BCUT2D eigenvalue weighted by Crippen LogP contribution is 2.28. The van der Waals surface area contributed by atoms with E-state index in [2.05, 4.69) is 30.6 Å². The van der Waals surface area contributed by atoms with Gasteiger partial charge in [-0.05, 0) is 49.8 Å². The topological polar surface area (TPSA) is 175 Å². The van der Waals surface area contributed by atoms with E-state index in [-0.39, 0.29) is 31.0 Å². The number of pyridine rings is 1. The number of carbonyl (C=O) groups is 3. The Morgan fingerprint density at radius 2 is 2.00 bits per heavy atom. The number of aromatic nitrogens is 5. The maximum atomic E-state index is 13.2. The highest BCUT2D eigenvalue weighted by Gasteiger charge is 2.22. The Kier molecular flexibility index (Phi) is 10.4. The lowest BCUT2D eigenvalue weighted by molar-refractivity contribution is -0.123. The molecule has 1 fully saturated rings. The number of H-pyrrole nitrogens is 1. The number of hydrogen-bond donors (Lipinski definition) is 4. The first-order chi connectivity index (χ1) is 20.2.